The van der Waals surface area contributed by atoms with E-state index < -0.39 is 10.0 Å². The second-order valence-electron chi connectivity index (χ2n) is 9.88. The smallest absolute Gasteiger partial charge is 0.252 e. The number of sulfonamides is 1. The van der Waals surface area contributed by atoms with E-state index in [0.717, 1.165) is 21.4 Å². The van der Waals surface area contributed by atoms with Gasteiger partial charge < -0.3 is 5.32 Å². The molecule has 13 heteroatoms. The van der Waals surface area contributed by atoms with Crippen LogP contribution in [0.1, 0.15) is 18.4 Å². The van der Waals surface area contributed by atoms with Gasteiger partial charge in [-0.15, -0.1) is 5.10 Å². The average Bonchev–Trinajstić information content (AvgIpc) is 3.44. The molecule has 0 bridgehead atoms. The third kappa shape index (κ3) is 6.32. The normalized spacial score (nSPS) is 14.9. The lowest BCUT2D eigenvalue weighted by Crippen LogP contribution is -2.42. The molecule has 11 nitrogen and oxygen atoms in total. The highest BCUT2D eigenvalue weighted by molar-refractivity contribution is 7.97. The van der Waals surface area contributed by atoms with Gasteiger partial charge in [0.2, 0.25) is 16.0 Å². The minimum absolute atomic E-state index is 0.0492. The van der Waals surface area contributed by atoms with Gasteiger partial charge in [0.1, 0.15) is 12.0 Å². The first-order valence-electron chi connectivity index (χ1n) is 13.1. The second kappa shape index (κ2) is 11.4. The maximum atomic E-state index is 12.9. The van der Waals surface area contributed by atoms with E-state index in [2.05, 4.69) is 25.4 Å². The van der Waals surface area contributed by atoms with Gasteiger partial charge >= 0.3 is 0 Å². The summed E-state index contributed by atoms with van der Waals surface area (Å²) in [5.74, 6) is 1.09. The minimum Gasteiger partial charge on any atom is -0.351 e. The van der Waals surface area contributed by atoms with Crippen LogP contribution in [0.5, 0.6) is 0 Å². The average molecular weight is 589 g/mol. The predicted molar refractivity (Wildman–Crippen MR) is 159 cm³/mol. The van der Waals surface area contributed by atoms with Gasteiger partial charge in [0.05, 0.1) is 12.8 Å². The second-order valence-corrected chi connectivity index (χ2v) is 12.9. The molecule has 1 saturated heterocycles. The van der Waals surface area contributed by atoms with Gasteiger partial charge in [-0.3, -0.25) is 9.36 Å². The number of hydrogen-bond acceptors (Lipinski definition) is 9. The van der Waals surface area contributed by atoms with Crippen LogP contribution in [0, 0.1) is 0 Å². The molecule has 4 heterocycles. The number of anilines is 1. The van der Waals surface area contributed by atoms with Crippen molar-refractivity contribution in [2.45, 2.75) is 30.3 Å². The molecule has 1 aliphatic rings. The largest absolute Gasteiger partial charge is 0.351 e. The van der Waals surface area contributed by atoms with Crippen molar-refractivity contribution in [3.63, 3.8) is 0 Å². The van der Waals surface area contributed by atoms with Gasteiger partial charge in [-0.1, -0.05) is 42.5 Å². The SMILES string of the molecule is CS(=O)(=O)N1CCC(Nc2ncc3ccc(=O)n(Cc4ccc(Sn5cnc(-c6ccccc6)n5)cc4)c3n2)CC1. The van der Waals surface area contributed by atoms with Crippen molar-refractivity contribution in [3.8, 4) is 11.4 Å². The highest BCUT2D eigenvalue weighted by Crippen LogP contribution is 2.23. The molecule has 1 N–H and O–H groups in total. The van der Waals surface area contributed by atoms with Gasteiger partial charge in [0, 0.05) is 59.2 Å². The molecule has 6 rings (SSSR count). The molecule has 210 valence electrons. The number of piperidine rings is 1. The maximum Gasteiger partial charge on any atom is 0.252 e. The molecule has 2 aromatic carbocycles. The molecule has 0 saturated carbocycles. The summed E-state index contributed by atoms with van der Waals surface area (Å²) < 4.78 is 28.5. The Morgan fingerprint density at radius 1 is 0.976 bits per heavy atom. The van der Waals surface area contributed by atoms with E-state index in [1.54, 1.807) is 27.2 Å². The van der Waals surface area contributed by atoms with Gasteiger partial charge in [0.15, 0.2) is 5.82 Å². The van der Waals surface area contributed by atoms with Crippen molar-refractivity contribution in [3.05, 3.63) is 95.2 Å². The van der Waals surface area contributed by atoms with Crippen LogP contribution in [0.25, 0.3) is 22.4 Å². The summed E-state index contributed by atoms with van der Waals surface area (Å²) in [7, 11) is -3.19. The lowest BCUT2D eigenvalue weighted by molar-refractivity contribution is 0.331. The van der Waals surface area contributed by atoms with E-state index in [-0.39, 0.29) is 11.6 Å². The molecular formula is C28H28N8O3S2. The van der Waals surface area contributed by atoms with Gasteiger partial charge in [-0.05, 0) is 36.6 Å². The van der Waals surface area contributed by atoms with E-state index in [1.165, 1.54) is 28.6 Å². The quantitative estimate of drug-likeness (QED) is 0.290. The first-order chi connectivity index (χ1) is 19.8. The van der Waals surface area contributed by atoms with E-state index in [1.807, 2.05) is 54.6 Å². The molecule has 0 atom stereocenters. The van der Waals surface area contributed by atoms with Crippen LogP contribution < -0.4 is 10.9 Å². The third-order valence-corrected chi connectivity index (χ3v) is 9.10. The standard InChI is InChI=1S/C28H28N8O3S2/c1-41(38,39)34-15-13-23(14-16-34)31-28-29-17-22-9-12-25(37)35(27(22)32-28)18-20-7-10-24(11-8-20)40-36-19-30-26(33-36)21-5-3-2-4-6-21/h2-12,17,19,23H,13-16,18H2,1H3,(H,29,31,32). The Labute approximate surface area is 241 Å². The molecule has 0 unspecified atom stereocenters. The Kier molecular flexibility index (Phi) is 7.56. The molecule has 1 fully saturated rings. The van der Waals surface area contributed by atoms with Crippen molar-refractivity contribution in [2.75, 3.05) is 24.7 Å². The van der Waals surface area contributed by atoms with Crippen molar-refractivity contribution in [1.29, 1.82) is 0 Å². The van der Waals surface area contributed by atoms with E-state index >= 15 is 0 Å². The Bertz CT molecular complexity index is 1830. The summed E-state index contributed by atoms with van der Waals surface area (Å²) in [6, 6.07) is 21.1. The number of nitrogens with one attached hydrogen (secondary N) is 1. The van der Waals surface area contributed by atoms with Gasteiger partial charge in [0.25, 0.3) is 5.56 Å². The van der Waals surface area contributed by atoms with Crippen LogP contribution in [-0.4, -0.2) is 66.8 Å². The Hall–Kier alpha value is -4.07. The van der Waals surface area contributed by atoms with Crippen LogP contribution in [0.2, 0.25) is 0 Å². The highest BCUT2D eigenvalue weighted by Gasteiger charge is 2.25. The minimum atomic E-state index is -3.19. The van der Waals surface area contributed by atoms with Crippen LogP contribution >= 0.6 is 11.9 Å². The van der Waals surface area contributed by atoms with Gasteiger partial charge in [-0.2, -0.15) is 9.07 Å². The summed E-state index contributed by atoms with van der Waals surface area (Å²) in [6.07, 6.45) is 5.94. The summed E-state index contributed by atoms with van der Waals surface area (Å²) in [4.78, 5) is 27.4. The highest BCUT2D eigenvalue weighted by atomic mass is 32.2. The third-order valence-electron chi connectivity index (χ3n) is 6.95. The van der Waals surface area contributed by atoms with E-state index in [4.69, 9.17) is 0 Å². The van der Waals surface area contributed by atoms with Gasteiger partial charge in [-0.25, -0.2) is 22.7 Å². The first-order valence-corrected chi connectivity index (χ1v) is 15.8. The van der Waals surface area contributed by atoms with Crippen LogP contribution in [0.3, 0.4) is 0 Å². The zero-order chi connectivity index (χ0) is 28.4. The lowest BCUT2D eigenvalue weighted by Gasteiger charge is -2.30. The van der Waals surface area contributed by atoms with Crippen molar-refractivity contribution >= 4 is 39.0 Å². The fourth-order valence-electron chi connectivity index (χ4n) is 4.77. The monoisotopic (exact) mass is 588 g/mol. The van der Waals surface area contributed by atoms with Crippen LogP contribution in [-0.2, 0) is 16.6 Å². The zero-order valence-corrected chi connectivity index (χ0v) is 23.9. The summed E-state index contributed by atoms with van der Waals surface area (Å²) >= 11 is 1.45. The summed E-state index contributed by atoms with van der Waals surface area (Å²) in [5.41, 5.74) is 2.30. The van der Waals surface area contributed by atoms with Crippen molar-refractivity contribution < 1.29 is 8.42 Å². The summed E-state index contributed by atoms with van der Waals surface area (Å²) in [6.45, 7) is 1.26. The number of benzene rings is 2. The number of nitrogens with zero attached hydrogens (tertiary/aromatic N) is 7. The maximum absolute atomic E-state index is 12.9. The van der Waals surface area contributed by atoms with E-state index in [0.29, 0.717) is 49.9 Å². The number of pyridine rings is 1. The number of hydrogen-bond donors (Lipinski definition) is 1. The first kappa shape index (κ1) is 27.1. The summed E-state index contributed by atoms with van der Waals surface area (Å²) in [5, 5.41) is 8.63. The molecule has 0 radical (unpaired) electrons. The molecule has 0 amide bonds. The number of aromatic nitrogens is 6. The molecule has 0 spiro atoms. The fraction of sp³-hybridized carbons (Fsp3) is 0.250. The number of rotatable bonds is 8. The molecular weight excluding hydrogens is 560 g/mol. The molecule has 5 aromatic rings. The Balaban J connectivity index is 1.16. The van der Waals surface area contributed by atoms with Crippen LogP contribution in [0.15, 0.2) is 88.9 Å². The molecule has 3 aromatic heterocycles. The molecule has 0 aliphatic carbocycles. The number of fused-ring (bicyclic) bond motifs is 1. The predicted octanol–water partition coefficient (Wildman–Crippen LogP) is 3.49. The van der Waals surface area contributed by atoms with E-state index in [9.17, 15) is 13.2 Å². The Morgan fingerprint density at radius 3 is 2.46 bits per heavy atom. The zero-order valence-electron chi connectivity index (χ0n) is 22.3. The molecule has 41 heavy (non-hydrogen) atoms. The fourth-order valence-corrected chi connectivity index (χ4v) is 6.33. The topological polar surface area (TPSA) is 128 Å². The van der Waals surface area contributed by atoms with Crippen LogP contribution in [0.4, 0.5) is 5.95 Å². The Morgan fingerprint density at radius 2 is 1.73 bits per heavy atom. The lowest BCUT2D eigenvalue weighted by atomic mass is 10.1. The molecule has 1 aliphatic heterocycles. The van der Waals surface area contributed by atoms with Crippen molar-refractivity contribution in [1.82, 2.24) is 33.0 Å². The van der Waals surface area contributed by atoms with Crippen molar-refractivity contribution in [2.24, 2.45) is 0 Å².